The van der Waals surface area contributed by atoms with Crippen LogP contribution in [0.15, 0.2) is 24.1 Å². The Morgan fingerprint density at radius 1 is 1.71 bits per heavy atom. The standard InChI is InChI=1S/C10H17NO3/c1-5-14-10(13)8(4)11-9(12)6-7(2)3/h6,8,11-12H,2,5H2,1,3-4H3/t8-/m0/s1. The van der Waals surface area contributed by atoms with Crippen LogP contribution in [-0.4, -0.2) is 23.7 Å². The Morgan fingerprint density at radius 2 is 2.29 bits per heavy atom. The molecule has 0 saturated carbocycles. The number of nitrogens with one attached hydrogen (secondary N) is 1. The van der Waals surface area contributed by atoms with Crippen molar-refractivity contribution in [2.75, 3.05) is 6.61 Å². The largest absolute Gasteiger partial charge is 0.495 e. The van der Waals surface area contributed by atoms with Crippen molar-refractivity contribution in [3.8, 4) is 0 Å². The number of esters is 1. The first-order valence-corrected chi connectivity index (χ1v) is 4.46. The normalized spacial score (nSPS) is 13.2. The number of rotatable bonds is 5. The van der Waals surface area contributed by atoms with Gasteiger partial charge in [-0.25, -0.2) is 4.79 Å². The van der Waals surface area contributed by atoms with E-state index in [0.717, 1.165) is 0 Å². The van der Waals surface area contributed by atoms with E-state index in [2.05, 4.69) is 11.9 Å². The van der Waals surface area contributed by atoms with Crippen molar-refractivity contribution in [2.45, 2.75) is 26.8 Å². The first kappa shape index (κ1) is 12.6. The lowest BCUT2D eigenvalue weighted by molar-refractivity contribution is -0.145. The van der Waals surface area contributed by atoms with Crippen molar-refractivity contribution < 1.29 is 14.6 Å². The van der Waals surface area contributed by atoms with Crippen molar-refractivity contribution in [2.24, 2.45) is 0 Å². The Kier molecular flexibility index (Phi) is 5.44. The molecule has 0 fully saturated rings. The van der Waals surface area contributed by atoms with Gasteiger partial charge in [0.05, 0.1) is 6.61 Å². The molecule has 0 unspecified atom stereocenters. The van der Waals surface area contributed by atoms with Crippen molar-refractivity contribution in [1.29, 1.82) is 0 Å². The summed E-state index contributed by atoms with van der Waals surface area (Å²) in [4.78, 5) is 11.1. The third-order valence-corrected chi connectivity index (χ3v) is 1.39. The van der Waals surface area contributed by atoms with Crippen molar-refractivity contribution in [1.82, 2.24) is 5.32 Å². The summed E-state index contributed by atoms with van der Waals surface area (Å²) in [7, 11) is 0. The summed E-state index contributed by atoms with van der Waals surface area (Å²) in [5, 5.41) is 11.9. The first-order chi connectivity index (χ1) is 6.47. The second-order valence-corrected chi connectivity index (χ2v) is 2.99. The Balaban J connectivity index is 4.11. The maximum Gasteiger partial charge on any atom is 0.328 e. The van der Waals surface area contributed by atoms with E-state index in [-0.39, 0.29) is 5.88 Å². The number of allylic oxidation sites excluding steroid dienone is 2. The molecule has 80 valence electrons. The molecule has 0 amide bonds. The van der Waals surface area contributed by atoms with Gasteiger partial charge >= 0.3 is 5.97 Å². The molecule has 4 nitrogen and oxygen atoms in total. The van der Waals surface area contributed by atoms with Gasteiger partial charge in [-0.1, -0.05) is 12.2 Å². The summed E-state index contributed by atoms with van der Waals surface area (Å²) in [6.45, 7) is 9.01. The second kappa shape index (κ2) is 6.07. The van der Waals surface area contributed by atoms with Crippen LogP contribution < -0.4 is 5.32 Å². The number of carbonyl (C=O) groups is 1. The minimum atomic E-state index is -0.564. The van der Waals surface area contributed by atoms with Crippen molar-refractivity contribution in [3.63, 3.8) is 0 Å². The smallest absolute Gasteiger partial charge is 0.328 e. The van der Waals surface area contributed by atoms with E-state index in [9.17, 15) is 9.90 Å². The molecule has 0 bridgehead atoms. The average molecular weight is 199 g/mol. The third-order valence-electron chi connectivity index (χ3n) is 1.39. The van der Waals surface area contributed by atoms with Gasteiger partial charge in [-0.3, -0.25) is 0 Å². The molecule has 0 aromatic rings. The molecule has 0 aliphatic heterocycles. The van der Waals surface area contributed by atoms with Gasteiger partial charge in [0.2, 0.25) is 0 Å². The van der Waals surface area contributed by atoms with Crippen molar-refractivity contribution >= 4 is 5.97 Å². The molecule has 2 N–H and O–H groups in total. The molecule has 0 aromatic carbocycles. The molecule has 0 spiro atoms. The van der Waals surface area contributed by atoms with E-state index < -0.39 is 12.0 Å². The first-order valence-electron chi connectivity index (χ1n) is 4.46. The van der Waals surface area contributed by atoms with Crippen LogP contribution in [0.3, 0.4) is 0 Å². The zero-order chi connectivity index (χ0) is 11.1. The van der Waals surface area contributed by atoms with Gasteiger partial charge in [-0.05, 0) is 20.8 Å². The summed E-state index contributed by atoms with van der Waals surface area (Å²) in [5.41, 5.74) is 0.700. The van der Waals surface area contributed by atoms with Gasteiger partial charge in [0.25, 0.3) is 0 Å². The third kappa shape index (κ3) is 5.24. The van der Waals surface area contributed by atoms with Crippen LogP contribution in [0.1, 0.15) is 20.8 Å². The van der Waals surface area contributed by atoms with Crippen LogP contribution >= 0.6 is 0 Å². The number of ether oxygens (including phenoxy) is 1. The maximum absolute atomic E-state index is 11.1. The fourth-order valence-electron chi connectivity index (χ4n) is 0.823. The summed E-state index contributed by atoms with van der Waals surface area (Å²) >= 11 is 0. The van der Waals surface area contributed by atoms with Gasteiger partial charge in [-0.15, -0.1) is 0 Å². The lowest BCUT2D eigenvalue weighted by Gasteiger charge is -2.12. The lowest BCUT2D eigenvalue weighted by Crippen LogP contribution is -2.34. The number of carbonyl (C=O) groups excluding carboxylic acids is 1. The summed E-state index contributed by atoms with van der Waals surface area (Å²) in [5.74, 6) is -0.479. The molecule has 4 heteroatoms. The highest BCUT2D eigenvalue weighted by Crippen LogP contribution is 1.96. The van der Waals surface area contributed by atoms with Gasteiger partial charge in [0.1, 0.15) is 6.04 Å². The SMILES string of the molecule is C=C(C)C=C(O)N[C@@H](C)C(=O)OCC. The molecule has 14 heavy (non-hydrogen) atoms. The number of aliphatic hydroxyl groups excluding tert-OH is 1. The number of hydrogen-bond donors (Lipinski definition) is 2. The Hall–Kier alpha value is -1.45. The fraction of sp³-hybridized carbons (Fsp3) is 0.500. The van der Waals surface area contributed by atoms with E-state index >= 15 is 0 Å². The molecule has 0 saturated heterocycles. The molecule has 0 aliphatic rings. The number of hydrogen-bond acceptors (Lipinski definition) is 4. The van der Waals surface area contributed by atoms with Gasteiger partial charge in [-0.2, -0.15) is 0 Å². The molecule has 0 aromatic heterocycles. The van der Waals surface area contributed by atoms with Crippen LogP contribution in [0.25, 0.3) is 0 Å². The zero-order valence-corrected chi connectivity index (χ0v) is 8.83. The van der Waals surface area contributed by atoms with Crippen LogP contribution in [0.5, 0.6) is 0 Å². The maximum atomic E-state index is 11.1. The van der Waals surface area contributed by atoms with Crippen LogP contribution in [-0.2, 0) is 9.53 Å². The number of aliphatic hydroxyl groups is 1. The minimum Gasteiger partial charge on any atom is -0.495 e. The highest BCUT2D eigenvalue weighted by Gasteiger charge is 2.13. The molecule has 0 aliphatic carbocycles. The predicted molar refractivity (Wildman–Crippen MR) is 54.8 cm³/mol. The Bertz CT molecular complexity index is 246. The Morgan fingerprint density at radius 3 is 2.71 bits per heavy atom. The van der Waals surface area contributed by atoms with Crippen molar-refractivity contribution in [3.05, 3.63) is 24.1 Å². The van der Waals surface area contributed by atoms with Crippen LogP contribution in [0, 0.1) is 0 Å². The van der Waals surface area contributed by atoms with E-state index in [0.29, 0.717) is 12.2 Å². The van der Waals surface area contributed by atoms with E-state index in [1.807, 2.05) is 0 Å². The second-order valence-electron chi connectivity index (χ2n) is 2.99. The summed E-state index contributed by atoms with van der Waals surface area (Å²) < 4.78 is 4.75. The van der Waals surface area contributed by atoms with E-state index in [4.69, 9.17) is 4.74 Å². The monoisotopic (exact) mass is 199 g/mol. The fourth-order valence-corrected chi connectivity index (χ4v) is 0.823. The molecular formula is C10H17NO3. The summed E-state index contributed by atoms with van der Waals surface area (Å²) in [6, 6.07) is -0.564. The van der Waals surface area contributed by atoms with Gasteiger partial charge in [0, 0.05) is 6.08 Å². The van der Waals surface area contributed by atoms with Crippen LogP contribution in [0.4, 0.5) is 0 Å². The molecular weight excluding hydrogens is 182 g/mol. The summed E-state index contributed by atoms with van der Waals surface area (Å²) in [6.07, 6.45) is 1.44. The molecule has 0 rings (SSSR count). The van der Waals surface area contributed by atoms with E-state index in [1.54, 1.807) is 20.8 Å². The van der Waals surface area contributed by atoms with Crippen LogP contribution in [0.2, 0.25) is 0 Å². The van der Waals surface area contributed by atoms with E-state index in [1.165, 1.54) is 6.08 Å². The lowest BCUT2D eigenvalue weighted by atomic mass is 10.3. The zero-order valence-electron chi connectivity index (χ0n) is 8.83. The average Bonchev–Trinajstić information content (AvgIpc) is 2.02. The highest BCUT2D eigenvalue weighted by atomic mass is 16.5. The molecule has 1 atom stereocenters. The molecule has 0 heterocycles. The van der Waals surface area contributed by atoms with Gasteiger partial charge < -0.3 is 15.2 Å². The minimum absolute atomic E-state index is 0.0851. The topological polar surface area (TPSA) is 58.6 Å². The quantitative estimate of drug-likeness (QED) is 0.400. The predicted octanol–water partition coefficient (Wildman–Crippen LogP) is 1.50. The van der Waals surface area contributed by atoms with Gasteiger partial charge in [0.15, 0.2) is 5.88 Å². The highest BCUT2D eigenvalue weighted by molar-refractivity contribution is 5.75. The molecule has 0 radical (unpaired) electrons. The Labute approximate surface area is 84.3 Å².